The molecule has 0 aliphatic carbocycles. The van der Waals surface area contributed by atoms with E-state index < -0.39 is 0 Å². The lowest BCUT2D eigenvalue weighted by molar-refractivity contribution is -0.130. The minimum Gasteiger partial charge on any atom is -0.503 e. The molecule has 1 unspecified atom stereocenters. The van der Waals surface area contributed by atoms with Crippen LogP contribution in [0.2, 0.25) is 0 Å². The number of methoxy groups -OCH3 is 1. The van der Waals surface area contributed by atoms with Gasteiger partial charge in [0.25, 0.3) is 5.91 Å². The third-order valence-corrected chi connectivity index (χ3v) is 6.66. The molecule has 0 saturated carbocycles. The maximum Gasteiger partial charge on any atom is 0.290 e. The summed E-state index contributed by atoms with van der Waals surface area (Å²) in [6.45, 7) is 2.53. The van der Waals surface area contributed by atoms with Crippen molar-refractivity contribution < 1.29 is 14.6 Å². The van der Waals surface area contributed by atoms with E-state index in [2.05, 4.69) is 43.3 Å². The van der Waals surface area contributed by atoms with Crippen molar-refractivity contribution in [2.45, 2.75) is 30.8 Å². The number of rotatable bonds is 7. The van der Waals surface area contributed by atoms with E-state index in [1.54, 1.807) is 23.8 Å². The van der Waals surface area contributed by atoms with Gasteiger partial charge in [0.15, 0.2) is 5.76 Å². The Morgan fingerprint density at radius 3 is 2.12 bits per heavy atom. The molecular formula is C27H27NO3S. The van der Waals surface area contributed by atoms with Crippen LogP contribution in [0.25, 0.3) is 5.57 Å². The van der Waals surface area contributed by atoms with Crippen LogP contribution in [-0.2, 0) is 17.8 Å². The van der Waals surface area contributed by atoms with E-state index in [1.807, 2.05) is 42.7 Å². The number of aliphatic hydroxyl groups excluding tert-OH is 1. The van der Waals surface area contributed by atoms with E-state index in [0.717, 1.165) is 28.9 Å². The summed E-state index contributed by atoms with van der Waals surface area (Å²) in [5.41, 5.74) is 4.67. The molecule has 1 atom stereocenters. The van der Waals surface area contributed by atoms with E-state index in [4.69, 9.17) is 4.74 Å². The average molecular weight is 446 g/mol. The van der Waals surface area contributed by atoms with Crippen LogP contribution in [0.3, 0.4) is 0 Å². The predicted octanol–water partition coefficient (Wildman–Crippen LogP) is 6.03. The maximum absolute atomic E-state index is 13.2. The van der Waals surface area contributed by atoms with Gasteiger partial charge in [-0.05, 0) is 59.2 Å². The molecule has 0 spiro atoms. The highest BCUT2D eigenvalue weighted by Crippen LogP contribution is 2.44. The zero-order valence-electron chi connectivity index (χ0n) is 18.5. The van der Waals surface area contributed by atoms with Gasteiger partial charge in [0, 0.05) is 17.0 Å². The van der Waals surface area contributed by atoms with Crippen LogP contribution >= 0.6 is 11.8 Å². The fourth-order valence-electron chi connectivity index (χ4n) is 4.09. The van der Waals surface area contributed by atoms with Gasteiger partial charge in [-0.25, -0.2) is 0 Å². The molecule has 32 heavy (non-hydrogen) atoms. The second kappa shape index (κ2) is 9.53. The number of nitrogens with zero attached hydrogens (tertiary/aromatic N) is 1. The Morgan fingerprint density at radius 1 is 0.938 bits per heavy atom. The molecule has 4 rings (SSSR count). The van der Waals surface area contributed by atoms with Crippen molar-refractivity contribution in [3.05, 3.63) is 101 Å². The fourth-order valence-corrected chi connectivity index (χ4v) is 4.50. The summed E-state index contributed by atoms with van der Waals surface area (Å²) in [7, 11) is 1.62. The number of aliphatic hydroxyl groups is 1. The quantitative estimate of drug-likeness (QED) is 0.451. The van der Waals surface area contributed by atoms with Crippen molar-refractivity contribution in [2.75, 3.05) is 13.4 Å². The van der Waals surface area contributed by atoms with Gasteiger partial charge in [0.05, 0.1) is 13.2 Å². The molecule has 1 aliphatic heterocycles. The van der Waals surface area contributed by atoms with E-state index in [1.165, 1.54) is 10.5 Å². The van der Waals surface area contributed by atoms with Gasteiger partial charge >= 0.3 is 0 Å². The van der Waals surface area contributed by atoms with Crippen LogP contribution in [0.15, 0.2) is 83.5 Å². The Bertz CT molecular complexity index is 1120. The molecule has 0 saturated heterocycles. The predicted molar refractivity (Wildman–Crippen MR) is 130 cm³/mol. The number of carbonyl (C=O) groups is 1. The third kappa shape index (κ3) is 4.26. The second-order valence-electron chi connectivity index (χ2n) is 7.77. The largest absolute Gasteiger partial charge is 0.503 e. The second-order valence-corrected chi connectivity index (χ2v) is 8.65. The molecule has 3 aromatic rings. The van der Waals surface area contributed by atoms with Gasteiger partial charge in [0.1, 0.15) is 5.75 Å². The molecule has 5 heteroatoms. The van der Waals surface area contributed by atoms with Crippen molar-refractivity contribution in [3.8, 4) is 5.75 Å². The lowest BCUT2D eigenvalue weighted by atomic mass is 9.92. The molecule has 0 fully saturated rings. The SMILES string of the molecule is CCc1ccc(C2C(c3ccc(OC)cc3)=C(O)C(=O)N2Cc2ccc(SC)cc2)cc1. The first-order valence-electron chi connectivity index (χ1n) is 10.7. The smallest absolute Gasteiger partial charge is 0.290 e. The van der Waals surface area contributed by atoms with Gasteiger partial charge in [-0.3, -0.25) is 4.79 Å². The highest BCUT2D eigenvalue weighted by Gasteiger charge is 2.41. The lowest BCUT2D eigenvalue weighted by Gasteiger charge is -2.28. The molecule has 0 radical (unpaired) electrons. The normalized spacial score (nSPS) is 16.0. The third-order valence-electron chi connectivity index (χ3n) is 5.92. The number of amides is 1. The minimum absolute atomic E-state index is 0.194. The summed E-state index contributed by atoms with van der Waals surface area (Å²) in [6.07, 6.45) is 2.99. The summed E-state index contributed by atoms with van der Waals surface area (Å²) in [6, 6.07) is 23.6. The summed E-state index contributed by atoms with van der Waals surface area (Å²) in [5, 5.41) is 11.0. The zero-order valence-corrected chi connectivity index (χ0v) is 19.4. The number of hydrogen-bond donors (Lipinski definition) is 1. The maximum atomic E-state index is 13.2. The standard InChI is InChI=1S/C27H27NO3S/c1-4-18-5-9-21(10-6-18)25-24(20-11-13-22(31-2)14-12-20)26(29)27(30)28(25)17-19-7-15-23(32-3)16-8-19/h5-16,25,29H,4,17H2,1-3H3. The minimum atomic E-state index is -0.373. The monoisotopic (exact) mass is 445 g/mol. The van der Waals surface area contributed by atoms with Crippen molar-refractivity contribution >= 4 is 23.2 Å². The zero-order chi connectivity index (χ0) is 22.7. The number of thioether (sulfide) groups is 1. The first-order chi connectivity index (χ1) is 15.5. The van der Waals surface area contributed by atoms with Crippen LogP contribution < -0.4 is 4.74 Å². The van der Waals surface area contributed by atoms with Crippen LogP contribution in [0.1, 0.15) is 35.2 Å². The van der Waals surface area contributed by atoms with Gasteiger partial charge in [-0.15, -0.1) is 11.8 Å². The van der Waals surface area contributed by atoms with Crippen LogP contribution in [0.5, 0.6) is 5.75 Å². The Hall–Kier alpha value is -3.18. The van der Waals surface area contributed by atoms with Crippen LogP contribution in [0.4, 0.5) is 0 Å². The van der Waals surface area contributed by atoms with Gasteiger partial charge in [-0.2, -0.15) is 0 Å². The molecule has 1 N–H and O–H groups in total. The van der Waals surface area contributed by atoms with Gasteiger partial charge in [-0.1, -0.05) is 55.5 Å². The Labute approximate surface area is 193 Å². The van der Waals surface area contributed by atoms with Crippen molar-refractivity contribution in [3.63, 3.8) is 0 Å². The summed E-state index contributed by atoms with van der Waals surface area (Å²) < 4.78 is 5.28. The highest BCUT2D eigenvalue weighted by molar-refractivity contribution is 7.98. The summed E-state index contributed by atoms with van der Waals surface area (Å²) in [4.78, 5) is 16.2. The van der Waals surface area contributed by atoms with E-state index in [0.29, 0.717) is 12.1 Å². The summed E-state index contributed by atoms with van der Waals surface area (Å²) >= 11 is 1.68. The molecule has 0 bridgehead atoms. The van der Waals surface area contributed by atoms with E-state index in [-0.39, 0.29) is 17.7 Å². The molecular weight excluding hydrogens is 418 g/mol. The summed E-state index contributed by atoms with van der Waals surface area (Å²) in [5.74, 6) is 0.183. The van der Waals surface area contributed by atoms with Crippen molar-refractivity contribution in [2.24, 2.45) is 0 Å². The topological polar surface area (TPSA) is 49.8 Å². The number of benzene rings is 3. The number of aryl methyl sites for hydroxylation is 1. The number of ether oxygens (including phenoxy) is 1. The van der Waals surface area contributed by atoms with Crippen LogP contribution in [0, 0.1) is 0 Å². The molecule has 1 amide bonds. The van der Waals surface area contributed by atoms with Crippen LogP contribution in [-0.4, -0.2) is 29.3 Å². The molecule has 3 aromatic carbocycles. The van der Waals surface area contributed by atoms with E-state index >= 15 is 0 Å². The van der Waals surface area contributed by atoms with E-state index in [9.17, 15) is 9.90 Å². The molecule has 4 nitrogen and oxygen atoms in total. The lowest BCUT2D eigenvalue weighted by Crippen LogP contribution is -2.29. The van der Waals surface area contributed by atoms with Gasteiger partial charge in [0.2, 0.25) is 0 Å². The highest BCUT2D eigenvalue weighted by atomic mass is 32.2. The fraction of sp³-hybridized carbons (Fsp3) is 0.222. The number of carbonyl (C=O) groups excluding carboxylic acids is 1. The molecule has 1 aliphatic rings. The number of hydrogen-bond acceptors (Lipinski definition) is 4. The van der Waals surface area contributed by atoms with Crippen molar-refractivity contribution in [1.82, 2.24) is 4.90 Å². The Morgan fingerprint density at radius 2 is 1.56 bits per heavy atom. The molecule has 0 aromatic heterocycles. The Kier molecular flexibility index (Phi) is 6.56. The van der Waals surface area contributed by atoms with Crippen molar-refractivity contribution in [1.29, 1.82) is 0 Å². The first-order valence-corrected chi connectivity index (χ1v) is 11.9. The Balaban J connectivity index is 1.76. The van der Waals surface area contributed by atoms with Gasteiger partial charge < -0.3 is 14.7 Å². The first kappa shape index (κ1) is 22.0. The average Bonchev–Trinajstić information content (AvgIpc) is 3.09. The molecule has 1 heterocycles. The molecule has 164 valence electrons.